The molecule has 0 heterocycles. The van der Waals surface area contributed by atoms with Crippen molar-refractivity contribution in [2.75, 3.05) is 19.7 Å². The number of nitrogens with one attached hydrogen (secondary N) is 1. The summed E-state index contributed by atoms with van der Waals surface area (Å²) in [6, 6.07) is 8.75. The summed E-state index contributed by atoms with van der Waals surface area (Å²) in [6.07, 6.45) is 3.81. The van der Waals surface area contributed by atoms with Gasteiger partial charge in [0.1, 0.15) is 5.75 Å². The van der Waals surface area contributed by atoms with E-state index in [2.05, 4.69) is 43.4 Å². The van der Waals surface area contributed by atoms with Crippen LogP contribution in [-0.4, -0.2) is 19.7 Å². The molecule has 19 heavy (non-hydrogen) atoms. The molecule has 2 rings (SSSR count). The van der Waals surface area contributed by atoms with Crippen LogP contribution in [0.15, 0.2) is 24.3 Å². The van der Waals surface area contributed by atoms with Gasteiger partial charge in [-0.15, -0.1) is 0 Å². The Labute approximate surface area is 117 Å². The lowest BCUT2D eigenvalue weighted by Gasteiger charge is -2.19. The van der Waals surface area contributed by atoms with E-state index in [1.807, 2.05) is 6.92 Å². The molecule has 1 aliphatic carbocycles. The first-order chi connectivity index (χ1) is 9.26. The van der Waals surface area contributed by atoms with Crippen molar-refractivity contribution in [3.05, 3.63) is 29.8 Å². The van der Waals surface area contributed by atoms with E-state index in [0.29, 0.717) is 5.41 Å². The second-order valence-corrected chi connectivity index (χ2v) is 5.60. The minimum absolute atomic E-state index is 0.384. The SMILES string of the molecule is CCCNCC1(c2ccc(OCC)cc2)CC1CC. The van der Waals surface area contributed by atoms with Crippen molar-refractivity contribution in [1.82, 2.24) is 5.32 Å². The molecule has 0 aliphatic heterocycles. The first-order valence-electron chi connectivity index (χ1n) is 7.70. The Balaban J connectivity index is 2.06. The van der Waals surface area contributed by atoms with Crippen molar-refractivity contribution >= 4 is 0 Å². The van der Waals surface area contributed by atoms with Crippen LogP contribution in [0.4, 0.5) is 0 Å². The number of hydrogen-bond donors (Lipinski definition) is 1. The zero-order chi connectivity index (χ0) is 13.7. The molecule has 1 fully saturated rings. The molecule has 0 amide bonds. The van der Waals surface area contributed by atoms with Gasteiger partial charge in [-0.1, -0.05) is 32.4 Å². The van der Waals surface area contributed by atoms with Crippen molar-refractivity contribution in [3.63, 3.8) is 0 Å². The molecule has 0 aromatic heterocycles. The van der Waals surface area contributed by atoms with Crippen LogP contribution in [-0.2, 0) is 5.41 Å². The van der Waals surface area contributed by atoms with Crippen molar-refractivity contribution in [3.8, 4) is 5.75 Å². The van der Waals surface area contributed by atoms with Crippen LogP contribution in [0, 0.1) is 5.92 Å². The molecule has 106 valence electrons. The zero-order valence-electron chi connectivity index (χ0n) is 12.5. The number of ether oxygens (including phenoxy) is 1. The fourth-order valence-electron chi connectivity index (χ4n) is 3.13. The zero-order valence-corrected chi connectivity index (χ0v) is 12.5. The fraction of sp³-hybridized carbons (Fsp3) is 0.647. The number of hydrogen-bond acceptors (Lipinski definition) is 2. The summed E-state index contributed by atoms with van der Waals surface area (Å²) in [5.74, 6) is 1.83. The highest BCUT2D eigenvalue weighted by molar-refractivity contribution is 5.38. The highest BCUT2D eigenvalue weighted by Gasteiger charge is 2.53. The van der Waals surface area contributed by atoms with E-state index in [-0.39, 0.29) is 0 Å². The quantitative estimate of drug-likeness (QED) is 0.720. The largest absolute Gasteiger partial charge is 0.494 e. The molecule has 0 saturated heterocycles. The topological polar surface area (TPSA) is 21.3 Å². The number of rotatable bonds is 8. The average Bonchev–Trinajstić information content (AvgIpc) is 3.15. The normalized spacial score (nSPS) is 25.3. The lowest BCUT2D eigenvalue weighted by molar-refractivity contribution is 0.340. The highest BCUT2D eigenvalue weighted by atomic mass is 16.5. The molecule has 0 spiro atoms. The lowest BCUT2D eigenvalue weighted by Crippen LogP contribution is -2.29. The molecular weight excluding hydrogens is 234 g/mol. The first-order valence-corrected chi connectivity index (χ1v) is 7.70. The fourth-order valence-corrected chi connectivity index (χ4v) is 3.13. The van der Waals surface area contributed by atoms with Gasteiger partial charge in [0.2, 0.25) is 0 Å². The van der Waals surface area contributed by atoms with Gasteiger partial charge in [-0.2, -0.15) is 0 Å². The molecule has 2 unspecified atom stereocenters. The Hall–Kier alpha value is -1.02. The summed E-state index contributed by atoms with van der Waals surface area (Å²) in [7, 11) is 0. The molecule has 0 radical (unpaired) electrons. The van der Waals surface area contributed by atoms with Crippen molar-refractivity contribution in [2.45, 2.75) is 45.4 Å². The number of benzene rings is 1. The molecule has 1 aliphatic rings. The summed E-state index contributed by atoms with van der Waals surface area (Å²) in [4.78, 5) is 0. The Bertz CT molecular complexity index is 387. The van der Waals surface area contributed by atoms with Crippen LogP contribution in [0.1, 0.15) is 45.6 Å². The van der Waals surface area contributed by atoms with Crippen molar-refractivity contribution < 1.29 is 4.74 Å². The van der Waals surface area contributed by atoms with Gasteiger partial charge in [-0.3, -0.25) is 0 Å². The third-order valence-electron chi connectivity index (χ3n) is 4.33. The highest BCUT2D eigenvalue weighted by Crippen LogP contribution is 2.55. The Morgan fingerprint density at radius 3 is 2.47 bits per heavy atom. The molecule has 2 nitrogen and oxygen atoms in total. The second kappa shape index (κ2) is 6.42. The standard InChI is InChI=1S/C17H27NO/c1-4-11-18-13-17(12-14(17)5-2)15-7-9-16(10-8-15)19-6-3/h7-10,14,18H,4-6,11-13H2,1-3H3. The maximum Gasteiger partial charge on any atom is 0.119 e. The molecule has 1 aromatic rings. The molecule has 1 N–H and O–H groups in total. The maximum absolute atomic E-state index is 5.53. The van der Waals surface area contributed by atoms with Crippen LogP contribution < -0.4 is 10.1 Å². The second-order valence-electron chi connectivity index (χ2n) is 5.60. The average molecular weight is 261 g/mol. The van der Waals surface area contributed by atoms with E-state index >= 15 is 0 Å². The van der Waals surface area contributed by atoms with Gasteiger partial charge in [0.25, 0.3) is 0 Å². The van der Waals surface area contributed by atoms with Crippen molar-refractivity contribution in [1.29, 1.82) is 0 Å². The van der Waals surface area contributed by atoms with Crippen LogP contribution in [0.5, 0.6) is 5.75 Å². The van der Waals surface area contributed by atoms with Crippen LogP contribution in [0.2, 0.25) is 0 Å². The van der Waals surface area contributed by atoms with E-state index in [0.717, 1.165) is 31.4 Å². The lowest BCUT2D eigenvalue weighted by atomic mass is 9.92. The maximum atomic E-state index is 5.53. The Morgan fingerprint density at radius 1 is 1.21 bits per heavy atom. The predicted octanol–water partition coefficient (Wildman–Crippen LogP) is 3.75. The van der Waals surface area contributed by atoms with E-state index in [1.54, 1.807) is 0 Å². The van der Waals surface area contributed by atoms with Gasteiger partial charge in [0.05, 0.1) is 6.61 Å². The van der Waals surface area contributed by atoms with Crippen LogP contribution in [0.25, 0.3) is 0 Å². The van der Waals surface area contributed by atoms with Gasteiger partial charge in [0.15, 0.2) is 0 Å². The third-order valence-corrected chi connectivity index (χ3v) is 4.33. The van der Waals surface area contributed by atoms with Gasteiger partial charge in [0, 0.05) is 12.0 Å². The minimum Gasteiger partial charge on any atom is -0.494 e. The summed E-state index contributed by atoms with van der Waals surface area (Å²) in [6.45, 7) is 9.53. The van der Waals surface area contributed by atoms with Crippen molar-refractivity contribution in [2.24, 2.45) is 5.92 Å². The first kappa shape index (κ1) is 14.4. The van der Waals surface area contributed by atoms with E-state index in [9.17, 15) is 0 Å². The minimum atomic E-state index is 0.384. The summed E-state index contributed by atoms with van der Waals surface area (Å²) in [5, 5.41) is 3.61. The summed E-state index contributed by atoms with van der Waals surface area (Å²) >= 11 is 0. The summed E-state index contributed by atoms with van der Waals surface area (Å²) < 4.78 is 5.53. The van der Waals surface area contributed by atoms with E-state index < -0.39 is 0 Å². The molecule has 1 saturated carbocycles. The van der Waals surface area contributed by atoms with Crippen LogP contribution >= 0.6 is 0 Å². The van der Waals surface area contributed by atoms with Gasteiger partial charge < -0.3 is 10.1 Å². The molecular formula is C17H27NO. The molecule has 0 bridgehead atoms. The predicted molar refractivity (Wildman–Crippen MR) is 80.8 cm³/mol. The monoisotopic (exact) mass is 261 g/mol. The van der Waals surface area contributed by atoms with Gasteiger partial charge in [-0.05, 0) is 49.9 Å². The van der Waals surface area contributed by atoms with E-state index in [4.69, 9.17) is 4.74 Å². The smallest absolute Gasteiger partial charge is 0.119 e. The van der Waals surface area contributed by atoms with Gasteiger partial charge in [-0.25, -0.2) is 0 Å². The molecule has 2 atom stereocenters. The van der Waals surface area contributed by atoms with Gasteiger partial charge >= 0.3 is 0 Å². The molecule has 2 heteroatoms. The Kier molecular flexibility index (Phi) is 4.87. The molecule has 1 aromatic carbocycles. The van der Waals surface area contributed by atoms with E-state index in [1.165, 1.54) is 24.8 Å². The van der Waals surface area contributed by atoms with Crippen LogP contribution in [0.3, 0.4) is 0 Å². The third kappa shape index (κ3) is 3.11. The Morgan fingerprint density at radius 2 is 1.95 bits per heavy atom. The summed E-state index contributed by atoms with van der Waals surface area (Å²) in [5.41, 5.74) is 1.86.